The number of nitrogens with two attached hydrogens (primary N) is 3. The number of anilines is 1. The van der Waals surface area contributed by atoms with Gasteiger partial charge in [0.2, 0.25) is 0 Å². The smallest absolute Gasteiger partial charge is 0.250 e. The molecule has 1 amide bonds. The summed E-state index contributed by atoms with van der Waals surface area (Å²) in [4.78, 5) is 29.5. The van der Waals surface area contributed by atoms with Crippen molar-refractivity contribution in [3.63, 3.8) is 0 Å². The molecule has 12 nitrogen and oxygen atoms in total. The summed E-state index contributed by atoms with van der Waals surface area (Å²) >= 11 is 0. The Labute approximate surface area is 255 Å². The van der Waals surface area contributed by atoms with Gasteiger partial charge in [-0.05, 0) is 56.3 Å². The quantitative estimate of drug-likeness (QED) is 0.113. The van der Waals surface area contributed by atoms with E-state index in [1.54, 1.807) is 25.1 Å². The molecule has 242 valence electrons. The SMILES string of the molecule is CC(N)=C1C(=O)CC(C)(C)CC1=Nc1ccc(C(N)=O)c(NCCCOCCOCCOCCOCCOCCCN)c1. The highest BCUT2D eigenvalue weighted by Crippen LogP contribution is 2.36. The Balaban J connectivity index is 1.66. The number of aliphatic imine (C=N–C) groups is 1. The number of amides is 1. The van der Waals surface area contributed by atoms with E-state index in [4.69, 9.17) is 45.9 Å². The maximum absolute atomic E-state index is 12.7. The first-order chi connectivity index (χ1) is 20.6. The molecule has 43 heavy (non-hydrogen) atoms. The zero-order valence-electron chi connectivity index (χ0n) is 26.1. The van der Waals surface area contributed by atoms with Gasteiger partial charge < -0.3 is 46.2 Å². The topological polar surface area (TPSA) is 183 Å². The standard InChI is InChI=1S/C31H51N5O7/c1-23(33)29-27(21-31(2,3)22-28(29)37)36-24-6-7-25(30(34)38)26(20-24)35-9-5-11-40-13-15-42-17-19-43-18-16-41-14-12-39-10-4-8-32/h6-7,20,35H,4-5,8-19,21-22,32-33H2,1-3H3,(H2,34,38). The number of carbonyl (C=O) groups excluding carboxylic acids is 2. The third-order valence-electron chi connectivity index (χ3n) is 6.54. The normalized spacial score (nSPS) is 16.9. The van der Waals surface area contributed by atoms with E-state index in [0.29, 0.717) is 132 Å². The summed E-state index contributed by atoms with van der Waals surface area (Å²) in [5, 5.41) is 3.26. The molecule has 0 atom stereocenters. The fourth-order valence-corrected chi connectivity index (χ4v) is 4.51. The number of nitrogens with zero attached hydrogens (tertiary/aromatic N) is 1. The second-order valence-corrected chi connectivity index (χ2v) is 11.1. The molecule has 0 aliphatic heterocycles. The van der Waals surface area contributed by atoms with Crippen molar-refractivity contribution in [1.29, 1.82) is 0 Å². The van der Waals surface area contributed by atoms with Gasteiger partial charge in [-0.1, -0.05) is 13.8 Å². The lowest BCUT2D eigenvalue weighted by molar-refractivity contribution is -0.117. The van der Waals surface area contributed by atoms with Crippen LogP contribution in [-0.4, -0.2) is 96.6 Å². The van der Waals surface area contributed by atoms with Gasteiger partial charge in [-0.2, -0.15) is 0 Å². The van der Waals surface area contributed by atoms with Crippen LogP contribution in [0.1, 0.15) is 56.8 Å². The van der Waals surface area contributed by atoms with Crippen LogP contribution < -0.4 is 22.5 Å². The van der Waals surface area contributed by atoms with Crippen molar-refractivity contribution < 1.29 is 33.3 Å². The van der Waals surface area contributed by atoms with Gasteiger partial charge in [-0.15, -0.1) is 0 Å². The molecule has 0 radical (unpaired) electrons. The van der Waals surface area contributed by atoms with Crippen molar-refractivity contribution in [2.75, 3.05) is 84.5 Å². The number of Topliss-reactive ketones (excluding diaryl/α,β-unsaturated/α-hetero) is 1. The second kappa shape index (κ2) is 20.2. The number of primary amides is 1. The van der Waals surface area contributed by atoms with E-state index in [9.17, 15) is 9.59 Å². The molecular weight excluding hydrogens is 554 g/mol. The van der Waals surface area contributed by atoms with Gasteiger partial charge in [-0.25, -0.2) is 0 Å². The van der Waals surface area contributed by atoms with Crippen LogP contribution in [-0.2, 0) is 28.5 Å². The Morgan fingerprint density at radius 1 is 0.860 bits per heavy atom. The summed E-state index contributed by atoms with van der Waals surface area (Å²) in [5.74, 6) is -0.541. The lowest BCUT2D eigenvalue weighted by Gasteiger charge is -2.31. The molecule has 0 saturated heterocycles. The van der Waals surface area contributed by atoms with E-state index in [1.165, 1.54) is 0 Å². The summed E-state index contributed by atoms with van der Waals surface area (Å²) in [7, 11) is 0. The zero-order valence-corrected chi connectivity index (χ0v) is 26.1. The highest BCUT2D eigenvalue weighted by Gasteiger charge is 2.35. The molecule has 1 aromatic rings. The van der Waals surface area contributed by atoms with Gasteiger partial charge in [0.05, 0.1) is 75.4 Å². The third kappa shape index (κ3) is 14.4. The number of benzene rings is 1. The Morgan fingerprint density at radius 3 is 1.91 bits per heavy atom. The molecule has 7 N–H and O–H groups in total. The van der Waals surface area contributed by atoms with Crippen LogP contribution in [0.2, 0.25) is 0 Å². The van der Waals surface area contributed by atoms with Crippen LogP contribution in [0, 0.1) is 5.41 Å². The highest BCUT2D eigenvalue weighted by molar-refractivity contribution is 6.25. The van der Waals surface area contributed by atoms with Crippen LogP contribution in [0.4, 0.5) is 11.4 Å². The van der Waals surface area contributed by atoms with E-state index >= 15 is 0 Å². The number of ether oxygens (including phenoxy) is 5. The van der Waals surface area contributed by atoms with E-state index in [-0.39, 0.29) is 11.2 Å². The largest absolute Gasteiger partial charge is 0.402 e. The average molecular weight is 606 g/mol. The molecule has 2 rings (SSSR count). The van der Waals surface area contributed by atoms with Gasteiger partial charge in [0.1, 0.15) is 0 Å². The Morgan fingerprint density at radius 2 is 1.40 bits per heavy atom. The van der Waals surface area contributed by atoms with Crippen molar-refractivity contribution >= 4 is 28.8 Å². The van der Waals surface area contributed by atoms with Gasteiger partial charge in [0.25, 0.3) is 5.91 Å². The van der Waals surface area contributed by atoms with Gasteiger partial charge in [0, 0.05) is 37.6 Å². The molecule has 12 heteroatoms. The molecule has 0 bridgehead atoms. The summed E-state index contributed by atoms with van der Waals surface area (Å²) < 4.78 is 27.4. The monoisotopic (exact) mass is 605 g/mol. The number of rotatable bonds is 22. The van der Waals surface area contributed by atoms with Crippen molar-refractivity contribution in [2.45, 2.75) is 46.5 Å². The number of nitrogens with one attached hydrogen (secondary N) is 1. The first kappa shape index (κ1) is 36.3. The zero-order chi connectivity index (χ0) is 31.5. The Bertz CT molecular complexity index is 1070. The maximum Gasteiger partial charge on any atom is 0.250 e. The molecule has 0 spiro atoms. The average Bonchev–Trinajstić information content (AvgIpc) is 2.93. The Kier molecular flexibility index (Phi) is 17.0. The van der Waals surface area contributed by atoms with Crippen molar-refractivity contribution in [3.05, 3.63) is 35.0 Å². The summed E-state index contributed by atoms with van der Waals surface area (Å²) in [5.41, 5.74) is 20.0. The minimum absolute atomic E-state index is 0.00137. The van der Waals surface area contributed by atoms with E-state index in [1.807, 2.05) is 13.8 Å². The number of hydrogen-bond acceptors (Lipinski definition) is 11. The van der Waals surface area contributed by atoms with Crippen LogP contribution in [0.25, 0.3) is 0 Å². The fourth-order valence-electron chi connectivity index (χ4n) is 4.51. The molecule has 1 fully saturated rings. The van der Waals surface area contributed by atoms with E-state index < -0.39 is 5.91 Å². The molecule has 0 aromatic heterocycles. The van der Waals surface area contributed by atoms with Crippen LogP contribution in [0.15, 0.2) is 34.5 Å². The first-order valence-corrected chi connectivity index (χ1v) is 15.0. The van der Waals surface area contributed by atoms with Gasteiger partial charge in [-0.3, -0.25) is 14.6 Å². The van der Waals surface area contributed by atoms with Crippen molar-refractivity contribution in [2.24, 2.45) is 27.6 Å². The number of hydrogen-bond donors (Lipinski definition) is 4. The van der Waals surface area contributed by atoms with Crippen LogP contribution in [0.3, 0.4) is 0 Å². The lowest BCUT2D eigenvalue weighted by atomic mass is 9.73. The lowest BCUT2D eigenvalue weighted by Crippen LogP contribution is -2.33. The van der Waals surface area contributed by atoms with E-state index in [2.05, 4.69) is 5.32 Å². The fraction of sp³-hybridized carbons (Fsp3) is 0.645. The van der Waals surface area contributed by atoms with Crippen molar-refractivity contribution in [3.8, 4) is 0 Å². The second-order valence-electron chi connectivity index (χ2n) is 11.1. The maximum atomic E-state index is 12.7. The molecule has 1 aromatic carbocycles. The number of carbonyl (C=O) groups is 2. The number of ketones is 1. The number of allylic oxidation sites excluding steroid dienone is 2. The van der Waals surface area contributed by atoms with Crippen molar-refractivity contribution in [1.82, 2.24) is 0 Å². The molecule has 1 saturated carbocycles. The van der Waals surface area contributed by atoms with Crippen LogP contribution in [0.5, 0.6) is 0 Å². The predicted octanol–water partition coefficient (Wildman–Crippen LogP) is 2.71. The summed E-state index contributed by atoms with van der Waals surface area (Å²) in [6.07, 6.45) is 2.62. The summed E-state index contributed by atoms with van der Waals surface area (Å²) in [6.45, 7) is 12.2. The minimum Gasteiger partial charge on any atom is -0.402 e. The molecule has 0 heterocycles. The van der Waals surface area contributed by atoms with Gasteiger partial charge >= 0.3 is 0 Å². The highest BCUT2D eigenvalue weighted by atomic mass is 16.6. The molecule has 1 aliphatic carbocycles. The summed E-state index contributed by atoms with van der Waals surface area (Å²) in [6, 6.07) is 5.13. The third-order valence-corrected chi connectivity index (χ3v) is 6.54. The molecule has 0 unspecified atom stereocenters. The Hall–Kier alpha value is -2.87. The first-order valence-electron chi connectivity index (χ1n) is 15.0. The van der Waals surface area contributed by atoms with Crippen LogP contribution >= 0.6 is 0 Å². The molecular formula is C31H51N5O7. The van der Waals surface area contributed by atoms with Gasteiger partial charge in [0.15, 0.2) is 5.78 Å². The van der Waals surface area contributed by atoms with E-state index in [0.717, 1.165) is 6.42 Å². The predicted molar refractivity (Wildman–Crippen MR) is 168 cm³/mol. The minimum atomic E-state index is -0.539. The molecule has 1 aliphatic rings.